The van der Waals surface area contributed by atoms with Crippen LogP contribution in [0.15, 0.2) is 54.9 Å². The second kappa shape index (κ2) is 9.80. The number of piperazine rings is 1. The topological polar surface area (TPSA) is 108 Å². The van der Waals surface area contributed by atoms with Crippen LogP contribution in [0.5, 0.6) is 5.88 Å². The van der Waals surface area contributed by atoms with Crippen molar-refractivity contribution in [2.24, 2.45) is 0 Å². The molecule has 1 amide bonds. The summed E-state index contributed by atoms with van der Waals surface area (Å²) < 4.78 is 25.9. The minimum Gasteiger partial charge on any atom is -0.473 e. The van der Waals surface area contributed by atoms with E-state index in [9.17, 15) is 4.79 Å². The molecule has 0 radical (unpaired) electrons. The molecule has 0 bridgehead atoms. The molecular formula is C24H22FN7O3. The normalized spacial score (nSPS) is 17.8. The van der Waals surface area contributed by atoms with E-state index in [-0.39, 0.29) is 13.2 Å². The molecule has 178 valence electrons. The summed E-state index contributed by atoms with van der Waals surface area (Å²) in [5.74, 6) is 0.733. The minimum absolute atomic E-state index is 0.125. The van der Waals surface area contributed by atoms with Gasteiger partial charge in [0.2, 0.25) is 5.88 Å². The number of pyridine rings is 1. The Balaban J connectivity index is 1.19. The molecule has 4 heterocycles. The Morgan fingerprint density at radius 1 is 1.14 bits per heavy atom. The van der Waals surface area contributed by atoms with Gasteiger partial charge in [-0.25, -0.2) is 14.2 Å². The first kappa shape index (κ1) is 22.3. The number of carbonyl (C=O) groups is 1. The third kappa shape index (κ3) is 4.91. The van der Waals surface area contributed by atoms with E-state index in [0.29, 0.717) is 49.0 Å². The Hall–Kier alpha value is -4.46. The number of carbonyl (C=O) groups excluding carboxylic acids is 1. The maximum Gasteiger partial charge on any atom is 0.414 e. The molecule has 0 aliphatic carbocycles. The highest BCUT2D eigenvalue weighted by molar-refractivity contribution is 5.90. The molecule has 10 nitrogen and oxygen atoms in total. The Bertz CT molecular complexity index is 1230. The van der Waals surface area contributed by atoms with E-state index in [1.165, 1.54) is 17.2 Å². The van der Waals surface area contributed by atoms with E-state index in [0.717, 1.165) is 5.82 Å². The number of nitrogens with zero attached hydrogens (tertiary/aromatic N) is 7. The Labute approximate surface area is 201 Å². The number of aromatic nitrogens is 3. The van der Waals surface area contributed by atoms with Crippen molar-refractivity contribution in [3.05, 3.63) is 66.2 Å². The molecule has 0 saturated carbocycles. The average Bonchev–Trinajstić information content (AvgIpc) is 3.28. The molecular weight excluding hydrogens is 453 g/mol. The van der Waals surface area contributed by atoms with Gasteiger partial charge in [-0.05, 0) is 36.4 Å². The third-order valence-electron chi connectivity index (χ3n) is 5.90. The molecule has 2 saturated heterocycles. The van der Waals surface area contributed by atoms with E-state index in [4.69, 9.17) is 14.7 Å². The van der Waals surface area contributed by atoms with Crippen LogP contribution in [0.1, 0.15) is 5.56 Å². The van der Waals surface area contributed by atoms with Crippen molar-refractivity contribution < 1.29 is 18.7 Å². The van der Waals surface area contributed by atoms with Crippen molar-refractivity contribution in [2.45, 2.75) is 6.10 Å². The van der Waals surface area contributed by atoms with Crippen LogP contribution in [0.4, 0.5) is 26.4 Å². The van der Waals surface area contributed by atoms with Crippen molar-refractivity contribution in [3.63, 3.8) is 0 Å². The number of cyclic esters (lactones) is 1. The minimum atomic E-state index is -0.548. The molecule has 2 aliphatic rings. The first-order chi connectivity index (χ1) is 17.1. The number of halogens is 1. The molecule has 1 unspecified atom stereocenters. The second-order valence-corrected chi connectivity index (χ2v) is 8.12. The lowest BCUT2D eigenvalue weighted by atomic mass is 10.2. The van der Waals surface area contributed by atoms with E-state index < -0.39 is 18.0 Å². The van der Waals surface area contributed by atoms with Gasteiger partial charge in [0.1, 0.15) is 24.3 Å². The van der Waals surface area contributed by atoms with Crippen LogP contribution < -0.4 is 19.4 Å². The van der Waals surface area contributed by atoms with E-state index in [1.54, 1.807) is 36.5 Å². The van der Waals surface area contributed by atoms with Crippen molar-refractivity contribution >= 4 is 23.3 Å². The van der Waals surface area contributed by atoms with Crippen LogP contribution in [0.2, 0.25) is 0 Å². The predicted molar refractivity (Wildman–Crippen MR) is 125 cm³/mol. The molecule has 2 fully saturated rings. The first-order valence-electron chi connectivity index (χ1n) is 11.1. The lowest BCUT2D eigenvalue weighted by molar-refractivity contribution is 0.103. The summed E-state index contributed by atoms with van der Waals surface area (Å²) in [6.45, 7) is 2.95. The quantitative estimate of drug-likeness (QED) is 0.532. The molecule has 3 aromatic rings. The maximum absolute atomic E-state index is 15.1. The summed E-state index contributed by atoms with van der Waals surface area (Å²) in [5.41, 5.74) is 1.43. The number of amides is 1. The summed E-state index contributed by atoms with van der Waals surface area (Å²) in [4.78, 5) is 22.2. The summed E-state index contributed by atoms with van der Waals surface area (Å²) in [6.07, 6.45) is 2.04. The fourth-order valence-corrected chi connectivity index (χ4v) is 4.10. The Kier molecular flexibility index (Phi) is 6.26. The summed E-state index contributed by atoms with van der Waals surface area (Å²) >= 11 is 0. The molecule has 1 aromatic carbocycles. The van der Waals surface area contributed by atoms with Gasteiger partial charge in [0.25, 0.3) is 0 Å². The Morgan fingerprint density at radius 2 is 1.97 bits per heavy atom. The standard InChI is InChI=1S/C24H22FN7O3/c25-20-12-18(32-15-19(35-24(32)33)16-34-23-2-1-7-28-29-23)4-5-21(20)30-8-10-31(11-9-30)22-6-3-17(13-26)14-27-22/h1-7,12,14,19H,8-11,15-16H2. The van der Waals surface area contributed by atoms with Crippen LogP contribution in [0.3, 0.4) is 0 Å². The average molecular weight is 475 g/mol. The molecule has 0 spiro atoms. The summed E-state index contributed by atoms with van der Waals surface area (Å²) in [5, 5.41) is 16.5. The lowest BCUT2D eigenvalue weighted by Crippen LogP contribution is -2.47. The van der Waals surface area contributed by atoms with Crippen molar-refractivity contribution in [1.29, 1.82) is 5.26 Å². The molecule has 5 rings (SSSR count). The highest BCUT2D eigenvalue weighted by Gasteiger charge is 2.33. The van der Waals surface area contributed by atoms with Gasteiger partial charge < -0.3 is 19.3 Å². The van der Waals surface area contributed by atoms with E-state index in [1.807, 2.05) is 11.0 Å². The van der Waals surface area contributed by atoms with Gasteiger partial charge in [-0.1, -0.05) is 0 Å². The predicted octanol–water partition coefficient (Wildman–Crippen LogP) is 2.61. The monoisotopic (exact) mass is 475 g/mol. The maximum atomic E-state index is 15.1. The zero-order chi connectivity index (χ0) is 24.2. The summed E-state index contributed by atoms with van der Waals surface area (Å²) in [7, 11) is 0. The van der Waals surface area contributed by atoms with Gasteiger partial charge in [0.15, 0.2) is 6.10 Å². The molecule has 2 aliphatic heterocycles. The fourth-order valence-electron chi connectivity index (χ4n) is 4.10. The largest absolute Gasteiger partial charge is 0.473 e. The number of ether oxygens (including phenoxy) is 2. The lowest BCUT2D eigenvalue weighted by Gasteiger charge is -2.37. The SMILES string of the molecule is N#Cc1ccc(N2CCN(c3ccc(N4CC(COc5cccnn5)OC4=O)cc3F)CC2)nc1. The molecule has 1 atom stereocenters. The molecule has 0 N–H and O–H groups in total. The molecule has 11 heteroatoms. The van der Waals surface area contributed by atoms with Crippen LogP contribution in [0, 0.1) is 17.1 Å². The zero-order valence-electron chi connectivity index (χ0n) is 18.7. The summed E-state index contributed by atoms with van der Waals surface area (Å²) in [6, 6.07) is 13.8. The first-order valence-corrected chi connectivity index (χ1v) is 11.1. The van der Waals surface area contributed by atoms with Gasteiger partial charge >= 0.3 is 6.09 Å². The third-order valence-corrected chi connectivity index (χ3v) is 5.90. The highest BCUT2D eigenvalue weighted by atomic mass is 19.1. The second-order valence-electron chi connectivity index (χ2n) is 8.12. The smallest absolute Gasteiger partial charge is 0.414 e. The zero-order valence-corrected chi connectivity index (χ0v) is 18.7. The van der Waals surface area contributed by atoms with Gasteiger partial charge in [0.05, 0.1) is 23.5 Å². The van der Waals surface area contributed by atoms with Crippen molar-refractivity contribution in [2.75, 3.05) is 54.0 Å². The molecule has 35 heavy (non-hydrogen) atoms. The number of hydrogen-bond acceptors (Lipinski definition) is 9. The Morgan fingerprint density at radius 3 is 2.66 bits per heavy atom. The van der Waals surface area contributed by atoms with Crippen LogP contribution in [-0.4, -0.2) is 66.7 Å². The van der Waals surface area contributed by atoms with Crippen LogP contribution >= 0.6 is 0 Å². The number of anilines is 3. The number of nitriles is 1. The van der Waals surface area contributed by atoms with Gasteiger partial charge in [-0.3, -0.25) is 4.90 Å². The number of hydrogen-bond donors (Lipinski definition) is 0. The highest BCUT2D eigenvalue weighted by Crippen LogP contribution is 2.29. The van der Waals surface area contributed by atoms with E-state index in [2.05, 4.69) is 26.2 Å². The van der Waals surface area contributed by atoms with Crippen molar-refractivity contribution in [3.8, 4) is 11.9 Å². The van der Waals surface area contributed by atoms with Gasteiger partial charge in [-0.2, -0.15) is 10.4 Å². The van der Waals surface area contributed by atoms with Crippen LogP contribution in [-0.2, 0) is 4.74 Å². The fraction of sp³-hybridized carbons (Fsp3) is 0.292. The van der Waals surface area contributed by atoms with Crippen LogP contribution in [0.25, 0.3) is 0 Å². The molecule has 2 aromatic heterocycles. The number of rotatable bonds is 6. The van der Waals surface area contributed by atoms with Gasteiger partial charge in [-0.15, -0.1) is 5.10 Å². The van der Waals surface area contributed by atoms with Crippen molar-refractivity contribution in [1.82, 2.24) is 15.2 Å². The van der Waals surface area contributed by atoms with Gasteiger partial charge in [0, 0.05) is 44.6 Å². The van der Waals surface area contributed by atoms with E-state index >= 15 is 4.39 Å². The number of benzene rings is 1.